The van der Waals surface area contributed by atoms with Crippen molar-refractivity contribution in [2.24, 2.45) is 0 Å². The van der Waals surface area contributed by atoms with Crippen molar-refractivity contribution in [1.82, 2.24) is 10.2 Å². The predicted molar refractivity (Wildman–Crippen MR) is 178 cm³/mol. The third-order valence-corrected chi connectivity index (χ3v) is 9.62. The number of benzene rings is 4. The minimum absolute atomic E-state index is 0.00979. The van der Waals surface area contributed by atoms with Gasteiger partial charge in [0.15, 0.2) is 0 Å². The lowest BCUT2D eigenvalue weighted by Crippen LogP contribution is -2.52. The normalized spacial score (nSPS) is 12.6. The number of carbonyl (C=O) groups excluding carboxylic acids is 2. The first kappa shape index (κ1) is 33.6. The molecule has 0 aliphatic heterocycles. The number of carbonyl (C=O) groups is 2. The maximum atomic E-state index is 14.2. The molecule has 4 rings (SSSR count). The molecule has 0 spiro atoms. The number of nitrogens with one attached hydrogen (secondary N) is 1. The van der Waals surface area contributed by atoms with E-state index in [1.807, 2.05) is 51.1 Å². The van der Waals surface area contributed by atoms with Gasteiger partial charge in [-0.15, -0.1) is 0 Å². The van der Waals surface area contributed by atoms with Crippen LogP contribution in [0.1, 0.15) is 38.3 Å². The van der Waals surface area contributed by atoms with Gasteiger partial charge in [-0.3, -0.25) is 13.9 Å². The Kier molecular flexibility index (Phi) is 11.3. The second-order valence-electron chi connectivity index (χ2n) is 10.8. The molecule has 0 unspecified atom stereocenters. The van der Waals surface area contributed by atoms with Crippen molar-refractivity contribution in [3.63, 3.8) is 0 Å². The molecule has 10 heteroatoms. The Morgan fingerprint density at radius 2 is 1.44 bits per heavy atom. The lowest BCUT2D eigenvalue weighted by Gasteiger charge is -2.32. The van der Waals surface area contributed by atoms with E-state index in [4.69, 9.17) is 16.3 Å². The van der Waals surface area contributed by atoms with Gasteiger partial charge in [0.2, 0.25) is 11.8 Å². The molecular weight excluding hydrogens is 610 g/mol. The van der Waals surface area contributed by atoms with Gasteiger partial charge >= 0.3 is 0 Å². The fourth-order valence-corrected chi connectivity index (χ4v) is 6.14. The zero-order chi connectivity index (χ0) is 32.6. The molecule has 0 bridgehead atoms. The average Bonchev–Trinajstić information content (AvgIpc) is 3.03. The van der Waals surface area contributed by atoms with Crippen LogP contribution in [0.4, 0.5) is 5.69 Å². The second-order valence-corrected chi connectivity index (χ2v) is 13.1. The third kappa shape index (κ3) is 8.65. The number of para-hydroxylation sites is 1. The predicted octanol–water partition coefficient (Wildman–Crippen LogP) is 6.97. The maximum absolute atomic E-state index is 14.2. The number of hydrogen-bond donors (Lipinski definition) is 1. The van der Waals surface area contributed by atoms with Gasteiger partial charge in [0.25, 0.3) is 10.0 Å². The van der Waals surface area contributed by atoms with Crippen molar-refractivity contribution in [2.45, 2.75) is 57.6 Å². The van der Waals surface area contributed by atoms with Crippen LogP contribution in [0, 0.1) is 6.92 Å². The summed E-state index contributed by atoms with van der Waals surface area (Å²) in [6, 6.07) is 28.1. The smallest absolute Gasteiger partial charge is 0.264 e. The van der Waals surface area contributed by atoms with Gasteiger partial charge in [0.05, 0.1) is 10.6 Å². The summed E-state index contributed by atoms with van der Waals surface area (Å²) in [5.41, 5.74) is 1.79. The monoisotopic (exact) mass is 647 g/mol. The van der Waals surface area contributed by atoms with Crippen LogP contribution in [0.25, 0.3) is 0 Å². The molecule has 236 valence electrons. The van der Waals surface area contributed by atoms with Crippen LogP contribution in [0.2, 0.25) is 5.02 Å². The Hall–Kier alpha value is -4.34. The van der Waals surface area contributed by atoms with E-state index in [-0.39, 0.29) is 29.1 Å². The number of rotatable bonds is 13. The van der Waals surface area contributed by atoms with E-state index in [9.17, 15) is 18.0 Å². The quantitative estimate of drug-likeness (QED) is 0.169. The second kappa shape index (κ2) is 15.1. The minimum atomic E-state index is -4.20. The number of nitrogens with zero attached hydrogens (tertiary/aromatic N) is 2. The van der Waals surface area contributed by atoms with Gasteiger partial charge in [-0.05, 0) is 87.4 Å². The molecule has 4 aromatic rings. The highest BCUT2D eigenvalue weighted by molar-refractivity contribution is 7.92. The van der Waals surface area contributed by atoms with E-state index < -0.39 is 28.5 Å². The number of hydrogen-bond acceptors (Lipinski definition) is 5. The summed E-state index contributed by atoms with van der Waals surface area (Å²) >= 11 is 6.45. The van der Waals surface area contributed by atoms with E-state index in [1.165, 1.54) is 17.0 Å². The molecule has 0 saturated heterocycles. The summed E-state index contributed by atoms with van der Waals surface area (Å²) in [4.78, 5) is 28.8. The average molecular weight is 648 g/mol. The maximum Gasteiger partial charge on any atom is 0.264 e. The molecule has 0 aliphatic carbocycles. The van der Waals surface area contributed by atoms with E-state index in [0.717, 1.165) is 9.87 Å². The topological polar surface area (TPSA) is 96.0 Å². The van der Waals surface area contributed by atoms with Crippen molar-refractivity contribution in [2.75, 3.05) is 10.8 Å². The molecule has 1 N–H and O–H groups in total. The third-order valence-electron chi connectivity index (χ3n) is 7.46. The fraction of sp³-hybridized carbons (Fsp3) is 0.257. The first-order valence-corrected chi connectivity index (χ1v) is 16.6. The van der Waals surface area contributed by atoms with E-state index >= 15 is 0 Å². The number of sulfonamides is 1. The Bertz CT molecular complexity index is 1700. The number of ether oxygens (including phenoxy) is 1. The van der Waals surface area contributed by atoms with E-state index in [1.54, 1.807) is 67.6 Å². The SMILES string of the molecule is CC[C@H](C)NC(=O)[C@H](C)N(Cc1ccccc1Cl)C(=O)CN(c1ccc(Oc2ccccc2)cc1)S(=O)(=O)c1ccc(C)cc1. The summed E-state index contributed by atoms with van der Waals surface area (Å²) in [6.07, 6.45) is 0.712. The van der Waals surface area contributed by atoms with E-state index in [2.05, 4.69) is 5.32 Å². The molecule has 0 saturated carbocycles. The van der Waals surface area contributed by atoms with Crippen molar-refractivity contribution in [3.05, 3.63) is 119 Å². The highest BCUT2D eigenvalue weighted by atomic mass is 35.5. The summed E-state index contributed by atoms with van der Waals surface area (Å²) < 4.78 is 35.2. The molecule has 2 amide bonds. The van der Waals surface area contributed by atoms with Gasteiger partial charge in [0, 0.05) is 17.6 Å². The molecule has 4 aromatic carbocycles. The lowest BCUT2D eigenvalue weighted by molar-refractivity contribution is -0.139. The number of anilines is 1. The molecule has 2 atom stereocenters. The van der Waals surface area contributed by atoms with Crippen LogP contribution in [-0.4, -0.2) is 43.8 Å². The van der Waals surface area contributed by atoms with Gasteiger partial charge in [-0.2, -0.15) is 0 Å². The van der Waals surface area contributed by atoms with Gasteiger partial charge in [-0.25, -0.2) is 8.42 Å². The zero-order valence-electron chi connectivity index (χ0n) is 25.8. The summed E-state index contributed by atoms with van der Waals surface area (Å²) in [5.74, 6) is 0.214. The van der Waals surface area contributed by atoms with Crippen molar-refractivity contribution in [3.8, 4) is 11.5 Å². The van der Waals surface area contributed by atoms with Crippen LogP contribution in [0.15, 0.2) is 108 Å². The Balaban J connectivity index is 1.71. The fourth-order valence-electron chi connectivity index (χ4n) is 4.53. The molecule has 0 fully saturated rings. The first-order chi connectivity index (χ1) is 21.5. The Morgan fingerprint density at radius 1 is 0.844 bits per heavy atom. The van der Waals surface area contributed by atoms with Crippen molar-refractivity contribution in [1.29, 1.82) is 0 Å². The molecule has 0 aliphatic rings. The summed E-state index contributed by atoms with van der Waals surface area (Å²) in [5, 5.41) is 3.36. The molecular formula is C35H38ClN3O5S. The zero-order valence-corrected chi connectivity index (χ0v) is 27.4. The summed E-state index contributed by atoms with van der Waals surface area (Å²) in [6.45, 7) is 6.77. The molecule has 0 heterocycles. The van der Waals surface area contributed by atoms with Gasteiger partial charge < -0.3 is 15.0 Å². The standard InChI is InChI=1S/C35H38ClN3O5S/c1-5-26(3)37-35(41)27(4)38(23-28-11-9-10-14-33(28)36)34(40)24-39(45(42,43)32-21-15-25(2)16-22-32)29-17-19-31(20-18-29)44-30-12-7-6-8-13-30/h6-22,26-27H,5,23-24H2,1-4H3,(H,37,41)/t26-,27-/m0/s1. The Labute approximate surface area is 270 Å². The Morgan fingerprint density at radius 3 is 2.07 bits per heavy atom. The molecule has 8 nitrogen and oxygen atoms in total. The number of aryl methyl sites for hydroxylation is 1. The minimum Gasteiger partial charge on any atom is -0.457 e. The van der Waals surface area contributed by atoms with Crippen LogP contribution in [-0.2, 0) is 26.2 Å². The highest BCUT2D eigenvalue weighted by Gasteiger charge is 2.33. The highest BCUT2D eigenvalue weighted by Crippen LogP contribution is 2.29. The number of halogens is 1. The summed E-state index contributed by atoms with van der Waals surface area (Å²) in [7, 11) is -4.20. The number of amides is 2. The first-order valence-electron chi connectivity index (χ1n) is 14.7. The van der Waals surface area contributed by atoms with Gasteiger partial charge in [-0.1, -0.05) is 72.6 Å². The molecule has 0 aromatic heterocycles. The lowest BCUT2D eigenvalue weighted by atomic mass is 10.1. The van der Waals surface area contributed by atoms with Crippen LogP contribution in [0.5, 0.6) is 11.5 Å². The van der Waals surface area contributed by atoms with Crippen LogP contribution >= 0.6 is 11.6 Å². The van der Waals surface area contributed by atoms with Crippen LogP contribution < -0.4 is 14.4 Å². The molecule has 45 heavy (non-hydrogen) atoms. The molecule has 0 radical (unpaired) electrons. The van der Waals surface area contributed by atoms with Crippen molar-refractivity contribution < 1.29 is 22.7 Å². The van der Waals surface area contributed by atoms with Crippen molar-refractivity contribution >= 4 is 39.1 Å². The van der Waals surface area contributed by atoms with Crippen LogP contribution in [0.3, 0.4) is 0 Å². The van der Waals surface area contributed by atoms with Gasteiger partial charge in [0.1, 0.15) is 24.1 Å². The largest absolute Gasteiger partial charge is 0.457 e. The van der Waals surface area contributed by atoms with E-state index in [0.29, 0.717) is 28.5 Å².